The van der Waals surface area contributed by atoms with E-state index in [9.17, 15) is 14.7 Å². The van der Waals surface area contributed by atoms with Crippen molar-refractivity contribution < 1.29 is 9.90 Å². The Labute approximate surface area is 162 Å². The number of hydrogen-bond donors (Lipinski definition) is 2. The summed E-state index contributed by atoms with van der Waals surface area (Å²) in [7, 11) is 0. The van der Waals surface area contributed by atoms with Gasteiger partial charge in [0.05, 0.1) is 0 Å². The summed E-state index contributed by atoms with van der Waals surface area (Å²) in [4.78, 5) is 23.9. The smallest absolute Gasteiger partial charge is 0.326 e. The molecule has 3 aromatic rings. The van der Waals surface area contributed by atoms with Crippen LogP contribution >= 0.6 is 11.6 Å². The molecule has 2 aromatic carbocycles. The highest BCUT2D eigenvalue weighted by Gasteiger charge is 2.16. The van der Waals surface area contributed by atoms with Crippen molar-refractivity contribution in [2.24, 2.45) is 0 Å². The van der Waals surface area contributed by atoms with E-state index in [2.05, 4.69) is 12.2 Å². The lowest BCUT2D eigenvalue weighted by Crippen LogP contribution is -2.27. The number of benzene rings is 2. The van der Waals surface area contributed by atoms with E-state index in [4.69, 9.17) is 11.6 Å². The monoisotopic (exact) mass is 384 g/mol. The molecule has 0 aliphatic heterocycles. The topological polar surface area (TPSA) is 71.3 Å². The molecule has 0 amide bonds. The molecule has 1 aromatic heterocycles. The van der Waals surface area contributed by atoms with Gasteiger partial charge in [0, 0.05) is 34.2 Å². The van der Waals surface area contributed by atoms with E-state index in [1.807, 2.05) is 30.3 Å². The van der Waals surface area contributed by atoms with Crippen molar-refractivity contribution in [2.75, 3.05) is 11.9 Å². The normalized spacial score (nSPS) is 13.3. The predicted octanol–water partition coefficient (Wildman–Crippen LogP) is 4.52. The number of halogens is 1. The van der Waals surface area contributed by atoms with Crippen molar-refractivity contribution in [3.63, 3.8) is 0 Å². The molecule has 0 saturated carbocycles. The molecule has 0 fully saturated rings. The fourth-order valence-electron chi connectivity index (χ4n) is 3.04. The van der Waals surface area contributed by atoms with Gasteiger partial charge in [0.2, 0.25) is 0 Å². The van der Waals surface area contributed by atoms with Crippen molar-refractivity contribution in [3.05, 3.63) is 75.7 Å². The van der Waals surface area contributed by atoms with Crippen molar-refractivity contribution in [2.45, 2.75) is 25.8 Å². The highest BCUT2D eigenvalue weighted by Crippen LogP contribution is 2.24. The van der Waals surface area contributed by atoms with Gasteiger partial charge in [0.1, 0.15) is 6.04 Å². The first-order chi connectivity index (χ1) is 12.9. The van der Waals surface area contributed by atoms with Crippen LogP contribution in [0.4, 0.5) is 5.69 Å². The maximum absolute atomic E-state index is 12.7. The number of nitrogens with zero attached hydrogens (tertiary/aromatic N) is 1. The molecule has 3 rings (SSSR count). The van der Waals surface area contributed by atoms with Crippen LogP contribution in [0.5, 0.6) is 0 Å². The summed E-state index contributed by atoms with van der Waals surface area (Å²) in [6.07, 6.45) is 1.54. The molecule has 0 aliphatic rings. The van der Waals surface area contributed by atoms with E-state index >= 15 is 0 Å². The SMILES string of the molecule is CC(C(=O)O)n1ccc2c(NC[C@@H](C)c3ccc(Cl)cc3)cccc2c1=O. The lowest BCUT2D eigenvalue weighted by atomic mass is 10.0. The minimum absolute atomic E-state index is 0.255. The lowest BCUT2D eigenvalue weighted by Gasteiger charge is -2.17. The van der Waals surface area contributed by atoms with Crippen LogP contribution in [0, 0.1) is 0 Å². The summed E-state index contributed by atoms with van der Waals surface area (Å²) in [5.41, 5.74) is 1.71. The van der Waals surface area contributed by atoms with Crippen LogP contribution in [0.1, 0.15) is 31.4 Å². The number of nitrogens with one attached hydrogen (secondary N) is 1. The van der Waals surface area contributed by atoms with Gasteiger partial charge in [0.25, 0.3) is 5.56 Å². The molecular formula is C21H21ClN2O3. The Morgan fingerprint density at radius 1 is 1.11 bits per heavy atom. The van der Waals surface area contributed by atoms with Crippen molar-refractivity contribution in [1.82, 2.24) is 4.57 Å². The first-order valence-electron chi connectivity index (χ1n) is 8.74. The quantitative estimate of drug-likeness (QED) is 0.655. The number of pyridine rings is 1. The van der Waals surface area contributed by atoms with Crippen molar-refractivity contribution >= 4 is 34.0 Å². The minimum Gasteiger partial charge on any atom is -0.480 e. The number of aliphatic carboxylic acids is 1. The molecule has 0 spiro atoms. The van der Waals surface area contributed by atoms with Crippen LogP contribution in [0.2, 0.25) is 5.02 Å². The van der Waals surface area contributed by atoms with Crippen molar-refractivity contribution in [1.29, 1.82) is 0 Å². The van der Waals surface area contributed by atoms with Crippen LogP contribution in [0.25, 0.3) is 10.8 Å². The lowest BCUT2D eigenvalue weighted by molar-refractivity contribution is -0.140. The Kier molecular flexibility index (Phi) is 5.51. The molecule has 2 atom stereocenters. The van der Waals surface area contributed by atoms with Gasteiger partial charge in [-0.05, 0) is 48.7 Å². The number of fused-ring (bicyclic) bond motifs is 1. The van der Waals surface area contributed by atoms with Gasteiger partial charge in [-0.2, -0.15) is 0 Å². The van der Waals surface area contributed by atoms with Crippen molar-refractivity contribution in [3.8, 4) is 0 Å². The van der Waals surface area contributed by atoms with Gasteiger partial charge in [0.15, 0.2) is 0 Å². The van der Waals surface area contributed by atoms with Crippen LogP contribution in [-0.2, 0) is 4.79 Å². The second-order valence-corrected chi connectivity index (χ2v) is 7.08. The van der Waals surface area contributed by atoms with E-state index in [1.54, 1.807) is 18.2 Å². The summed E-state index contributed by atoms with van der Waals surface area (Å²) in [6.45, 7) is 4.30. The van der Waals surface area contributed by atoms with E-state index in [0.717, 1.165) is 11.1 Å². The maximum Gasteiger partial charge on any atom is 0.326 e. The molecular weight excluding hydrogens is 364 g/mol. The minimum atomic E-state index is -1.04. The maximum atomic E-state index is 12.7. The first-order valence-corrected chi connectivity index (χ1v) is 9.12. The predicted molar refractivity (Wildman–Crippen MR) is 109 cm³/mol. The van der Waals surface area contributed by atoms with E-state index < -0.39 is 12.0 Å². The zero-order valence-electron chi connectivity index (χ0n) is 15.1. The summed E-state index contributed by atoms with van der Waals surface area (Å²) in [6, 6.07) is 14.1. The number of rotatable bonds is 6. The van der Waals surface area contributed by atoms with Crippen LogP contribution in [0.3, 0.4) is 0 Å². The molecule has 140 valence electrons. The van der Waals surface area contributed by atoms with Gasteiger partial charge in [-0.1, -0.05) is 36.7 Å². The Morgan fingerprint density at radius 3 is 2.48 bits per heavy atom. The second-order valence-electron chi connectivity index (χ2n) is 6.64. The molecule has 1 unspecified atom stereocenters. The standard InChI is InChI=1S/C21H21ClN2O3/c1-13(15-6-8-16(22)9-7-15)12-23-19-5-3-4-18-17(19)10-11-24(20(18)25)14(2)21(26)27/h3-11,13-14,23H,12H2,1-2H3,(H,26,27)/t13-,14?/m1/s1. The van der Waals surface area contributed by atoms with Gasteiger partial charge in [-0.3, -0.25) is 4.79 Å². The number of anilines is 1. The summed E-state index contributed by atoms with van der Waals surface area (Å²) >= 11 is 5.94. The van der Waals surface area contributed by atoms with Gasteiger partial charge < -0.3 is 15.0 Å². The highest BCUT2D eigenvalue weighted by molar-refractivity contribution is 6.30. The Bertz CT molecular complexity index is 1030. The third kappa shape index (κ3) is 3.98. The molecule has 2 N–H and O–H groups in total. The van der Waals surface area contributed by atoms with Crippen LogP contribution in [0.15, 0.2) is 59.5 Å². The Balaban J connectivity index is 1.87. The average Bonchev–Trinajstić information content (AvgIpc) is 2.66. The summed E-state index contributed by atoms with van der Waals surface area (Å²) in [5, 5.41) is 14.6. The molecule has 0 bridgehead atoms. The van der Waals surface area contributed by atoms with Gasteiger partial charge in [-0.25, -0.2) is 4.79 Å². The van der Waals surface area contributed by atoms with Crippen LogP contribution in [-0.4, -0.2) is 22.2 Å². The fraction of sp³-hybridized carbons (Fsp3) is 0.238. The molecule has 1 heterocycles. The molecule has 6 heteroatoms. The van der Waals surface area contributed by atoms with E-state index in [0.29, 0.717) is 17.0 Å². The van der Waals surface area contributed by atoms with Crippen LogP contribution < -0.4 is 10.9 Å². The summed E-state index contributed by atoms with van der Waals surface area (Å²) < 4.78 is 1.24. The molecule has 0 aliphatic carbocycles. The molecule has 5 nitrogen and oxygen atoms in total. The van der Waals surface area contributed by atoms with Gasteiger partial charge >= 0.3 is 5.97 Å². The second kappa shape index (κ2) is 7.84. The zero-order chi connectivity index (χ0) is 19.6. The third-order valence-electron chi connectivity index (χ3n) is 4.79. The number of carboxylic acids is 1. The third-order valence-corrected chi connectivity index (χ3v) is 5.04. The first kappa shape index (κ1) is 19.0. The fourth-order valence-corrected chi connectivity index (χ4v) is 3.17. The molecule has 0 saturated heterocycles. The number of aromatic nitrogens is 1. The Morgan fingerprint density at radius 2 is 1.81 bits per heavy atom. The van der Waals surface area contributed by atoms with E-state index in [1.165, 1.54) is 23.3 Å². The number of carboxylic acid groups (broad SMARTS) is 1. The number of hydrogen-bond acceptors (Lipinski definition) is 3. The molecule has 0 radical (unpaired) electrons. The largest absolute Gasteiger partial charge is 0.480 e. The van der Waals surface area contributed by atoms with Gasteiger partial charge in [-0.15, -0.1) is 0 Å². The number of carbonyl (C=O) groups is 1. The average molecular weight is 385 g/mol. The van der Waals surface area contributed by atoms with E-state index in [-0.39, 0.29) is 11.5 Å². The molecule has 27 heavy (non-hydrogen) atoms. The zero-order valence-corrected chi connectivity index (χ0v) is 15.9. The summed E-state index contributed by atoms with van der Waals surface area (Å²) in [5.74, 6) is -0.785. The Hall–Kier alpha value is -2.79. The highest BCUT2D eigenvalue weighted by atomic mass is 35.5.